The van der Waals surface area contributed by atoms with E-state index in [0.717, 1.165) is 50.5 Å². The molecule has 2 amide bonds. The number of nitrogens with zero attached hydrogens (tertiary/aromatic N) is 2. The molecule has 5 heteroatoms. The third-order valence-electron chi connectivity index (χ3n) is 7.91. The van der Waals surface area contributed by atoms with Crippen LogP contribution in [0.5, 0.6) is 0 Å². The van der Waals surface area contributed by atoms with Crippen molar-refractivity contribution in [2.24, 2.45) is 5.92 Å². The summed E-state index contributed by atoms with van der Waals surface area (Å²) in [6, 6.07) is 11.2. The number of fused-ring (bicyclic) bond motifs is 1. The number of benzene rings is 1. The Bertz CT molecular complexity index is 1030. The highest BCUT2D eigenvalue weighted by Crippen LogP contribution is 2.39. The van der Waals surface area contributed by atoms with Gasteiger partial charge < -0.3 is 9.80 Å². The lowest BCUT2D eigenvalue weighted by molar-refractivity contribution is -0.145. The molecule has 1 atom stereocenters. The minimum Gasteiger partial charge on any atom is -0.330 e. The summed E-state index contributed by atoms with van der Waals surface area (Å²) in [6.07, 6.45) is 8.47. The van der Waals surface area contributed by atoms with Crippen LogP contribution in [0.1, 0.15) is 93.3 Å². The number of carbonyl (C=O) groups is 2. The molecule has 4 nitrogen and oxygen atoms in total. The smallest absolute Gasteiger partial charge is 0.243 e. The molecule has 0 spiro atoms. The standard InChI is InChI=1S/C29H38N2O2S/c1-29(2,3)22-11-9-20(10-12-22)27-24-16-18-34-25(24)15-17-30(27)26(32)19-31(23-13-14-23)28(33)21-7-5-4-6-8-21/h9-12,16,18,21,23,27H,4-8,13-15,17,19H2,1-3H3. The van der Waals surface area contributed by atoms with Crippen molar-refractivity contribution in [3.63, 3.8) is 0 Å². The first kappa shape index (κ1) is 23.6. The van der Waals surface area contributed by atoms with Gasteiger partial charge in [0.05, 0.1) is 6.04 Å². The second-order valence-electron chi connectivity index (χ2n) is 11.4. The van der Waals surface area contributed by atoms with Crippen molar-refractivity contribution in [2.75, 3.05) is 13.1 Å². The van der Waals surface area contributed by atoms with E-state index >= 15 is 0 Å². The molecule has 182 valence electrons. The molecule has 0 N–H and O–H groups in total. The van der Waals surface area contributed by atoms with Crippen molar-refractivity contribution >= 4 is 23.2 Å². The molecule has 1 aliphatic heterocycles. The molecule has 34 heavy (non-hydrogen) atoms. The van der Waals surface area contributed by atoms with Gasteiger partial charge in [-0.05, 0) is 65.7 Å². The Kier molecular flexibility index (Phi) is 6.58. The lowest BCUT2D eigenvalue weighted by atomic mass is 9.85. The summed E-state index contributed by atoms with van der Waals surface area (Å²) in [6.45, 7) is 7.63. The Morgan fingerprint density at radius 2 is 1.71 bits per heavy atom. The summed E-state index contributed by atoms with van der Waals surface area (Å²) in [5, 5.41) is 2.15. The quantitative estimate of drug-likeness (QED) is 0.522. The van der Waals surface area contributed by atoms with Gasteiger partial charge in [0, 0.05) is 23.4 Å². The molecule has 3 aliphatic rings. The highest BCUT2D eigenvalue weighted by molar-refractivity contribution is 7.10. The van der Waals surface area contributed by atoms with Crippen molar-refractivity contribution in [1.29, 1.82) is 0 Å². The van der Waals surface area contributed by atoms with Crippen molar-refractivity contribution in [1.82, 2.24) is 9.80 Å². The number of hydrogen-bond acceptors (Lipinski definition) is 3. The second kappa shape index (κ2) is 9.49. The molecular formula is C29H38N2O2S. The maximum Gasteiger partial charge on any atom is 0.243 e. The summed E-state index contributed by atoms with van der Waals surface area (Å²) < 4.78 is 0. The van der Waals surface area contributed by atoms with E-state index < -0.39 is 0 Å². The average Bonchev–Trinajstić information content (AvgIpc) is 3.57. The molecule has 0 bridgehead atoms. The van der Waals surface area contributed by atoms with Gasteiger partial charge in [-0.15, -0.1) is 11.3 Å². The molecule has 2 aromatic rings. The van der Waals surface area contributed by atoms with Gasteiger partial charge in [-0.1, -0.05) is 64.3 Å². The summed E-state index contributed by atoms with van der Waals surface area (Å²) in [4.78, 5) is 32.6. The fourth-order valence-electron chi connectivity index (χ4n) is 5.70. The van der Waals surface area contributed by atoms with Crippen LogP contribution in [0.15, 0.2) is 35.7 Å². The third kappa shape index (κ3) is 4.82. The third-order valence-corrected chi connectivity index (χ3v) is 8.91. The summed E-state index contributed by atoms with van der Waals surface area (Å²) in [5.74, 6) is 0.445. The molecule has 2 fully saturated rings. The number of thiophene rings is 1. The van der Waals surface area contributed by atoms with Crippen molar-refractivity contribution < 1.29 is 9.59 Å². The SMILES string of the molecule is CC(C)(C)c1ccc(C2c3ccsc3CCN2C(=O)CN(C(=O)C2CCCCC2)C2CC2)cc1. The zero-order valence-corrected chi connectivity index (χ0v) is 21.7. The van der Waals surface area contributed by atoms with Gasteiger partial charge in [0.15, 0.2) is 0 Å². The lowest BCUT2D eigenvalue weighted by Crippen LogP contribution is -2.48. The first-order valence-corrected chi connectivity index (χ1v) is 14.0. The Morgan fingerprint density at radius 1 is 1.00 bits per heavy atom. The summed E-state index contributed by atoms with van der Waals surface area (Å²) >= 11 is 1.79. The second-order valence-corrected chi connectivity index (χ2v) is 12.4. The van der Waals surface area contributed by atoms with Crippen LogP contribution in [-0.4, -0.2) is 40.7 Å². The molecule has 0 radical (unpaired) electrons. The largest absolute Gasteiger partial charge is 0.330 e. The Labute approximate surface area is 208 Å². The van der Waals surface area contributed by atoms with Gasteiger partial charge in [0.2, 0.25) is 11.8 Å². The molecular weight excluding hydrogens is 440 g/mol. The van der Waals surface area contributed by atoms with Gasteiger partial charge in [0.25, 0.3) is 0 Å². The van der Waals surface area contributed by atoms with E-state index in [0.29, 0.717) is 6.54 Å². The van der Waals surface area contributed by atoms with Crippen molar-refractivity contribution in [3.05, 3.63) is 57.3 Å². The molecule has 2 saturated carbocycles. The zero-order valence-electron chi connectivity index (χ0n) is 20.9. The summed E-state index contributed by atoms with van der Waals surface area (Å²) in [7, 11) is 0. The Hall–Kier alpha value is -2.14. The van der Waals surface area contributed by atoms with E-state index in [9.17, 15) is 9.59 Å². The highest BCUT2D eigenvalue weighted by Gasteiger charge is 2.40. The highest BCUT2D eigenvalue weighted by atomic mass is 32.1. The fourth-order valence-corrected chi connectivity index (χ4v) is 6.61. The molecule has 2 heterocycles. The fraction of sp³-hybridized carbons (Fsp3) is 0.586. The maximum absolute atomic E-state index is 13.8. The van der Waals surface area contributed by atoms with E-state index in [2.05, 4.69) is 56.5 Å². The number of amides is 2. The van der Waals surface area contributed by atoms with Crippen LogP contribution in [0.2, 0.25) is 0 Å². The van der Waals surface area contributed by atoms with Crippen LogP contribution in [-0.2, 0) is 21.4 Å². The van der Waals surface area contributed by atoms with Gasteiger partial charge in [-0.2, -0.15) is 0 Å². The zero-order chi connectivity index (χ0) is 23.9. The molecule has 2 aliphatic carbocycles. The van der Waals surface area contributed by atoms with E-state index in [4.69, 9.17) is 0 Å². The normalized spacial score (nSPS) is 21.3. The number of hydrogen-bond donors (Lipinski definition) is 0. The van der Waals surface area contributed by atoms with E-state index in [1.807, 2.05) is 9.80 Å². The number of carbonyl (C=O) groups excluding carboxylic acids is 2. The first-order chi connectivity index (χ1) is 16.3. The van der Waals surface area contributed by atoms with Crippen LogP contribution >= 0.6 is 11.3 Å². The molecule has 1 aromatic heterocycles. The maximum atomic E-state index is 13.8. The Morgan fingerprint density at radius 3 is 2.35 bits per heavy atom. The van der Waals surface area contributed by atoms with Gasteiger partial charge in [-0.3, -0.25) is 9.59 Å². The predicted octanol–water partition coefficient (Wildman–Crippen LogP) is 6.09. The van der Waals surface area contributed by atoms with Crippen LogP contribution in [0.25, 0.3) is 0 Å². The van der Waals surface area contributed by atoms with Crippen LogP contribution in [0, 0.1) is 5.92 Å². The van der Waals surface area contributed by atoms with E-state index in [1.54, 1.807) is 11.3 Å². The van der Waals surface area contributed by atoms with Gasteiger partial charge in [0.1, 0.15) is 6.54 Å². The number of rotatable bonds is 5. The van der Waals surface area contributed by atoms with Gasteiger partial charge >= 0.3 is 0 Å². The van der Waals surface area contributed by atoms with Crippen molar-refractivity contribution in [3.8, 4) is 0 Å². The summed E-state index contributed by atoms with van der Waals surface area (Å²) in [5.41, 5.74) is 3.81. The predicted molar refractivity (Wildman–Crippen MR) is 138 cm³/mol. The average molecular weight is 479 g/mol. The van der Waals surface area contributed by atoms with Crippen LogP contribution in [0.4, 0.5) is 0 Å². The molecule has 0 saturated heterocycles. The minimum absolute atomic E-state index is 0.0673. The lowest BCUT2D eigenvalue weighted by Gasteiger charge is -2.38. The topological polar surface area (TPSA) is 40.6 Å². The molecule has 5 rings (SSSR count). The molecule has 1 unspecified atom stereocenters. The Balaban J connectivity index is 1.39. The van der Waals surface area contributed by atoms with Crippen molar-refractivity contribution in [2.45, 2.75) is 89.6 Å². The monoisotopic (exact) mass is 478 g/mol. The molecule has 1 aromatic carbocycles. The van der Waals surface area contributed by atoms with Crippen LogP contribution in [0.3, 0.4) is 0 Å². The minimum atomic E-state index is -0.0673. The van der Waals surface area contributed by atoms with Gasteiger partial charge in [-0.25, -0.2) is 0 Å². The van der Waals surface area contributed by atoms with E-state index in [-0.39, 0.29) is 41.8 Å². The first-order valence-electron chi connectivity index (χ1n) is 13.1. The van der Waals surface area contributed by atoms with Crippen LogP contribution < -0.4 is 0 Å². The van der Waals surface area contributed by atoms with E-state index in [1.165, 1.54) is 22.4 Å².